The van der Waals surface area contributed by atoms with Crippen LogP contribution in [0.15, 0.2) is 43.0 Å². The molecule has 0 fully saturated rings. The van der Waals surface area contributed by atoms with Crippen molar-refractivity contribution in [3.63, 3.8) is 0 Å². The van der Waals surface area contributed by atoms with E-state index in [4.69, 9.17) is 9.47 Å². The van der Waals surface area contributed by atoms with Gasteiger partial charge in [-0.25, -0.2) is 0 Å². The molecule has 0 aliphatic heterocycles. The number of benzene rings is 1. The van der Waals surface area contributed by atoms with Gasteiger partial charge in [-0.1, -0.05) is 36.9 Å². The minimum atomic E-state index is -0.700. The van der Waals surface area contributed by atoms with Crippen molar-refractivity contribution in [1.29, 1.82) is 0 Å². The summed E-state index contributed by atoms with van der Waals surface area (Å²) in [6.07, 6.45) is 0.0704. The van der Waals surface area contributed by atoms with Gasteiger partial charge in [-0.3, -0.25) is 9.59 Å². The lowest BCUT2D eigenvalue weighted by atomic mass is 10.0. The number of hydrogen-bond acceptors (Lipinski definition) is 4. The molecule has 2 atom stereocenters. The van der Waals surface area contributed by atoms with Crippen LogP contribution < -0.4 is 0 Å². The molecule has 1 aromatic carbocycles. The van der Waals surface area contributed by atoms with Crippen molar-refractivity contribution >= 4 is 11.9 Å². The first-order chi connectivity index (χ1) is 8.54. The maximum absolute atomic E-state index is 11.1. The first kappa shape index (κ1) is 14.0. The summed E-state index contributed by atoms with van der Waals surface area (Å²) < 4.78 is 10.3. The van der Waals surface area contributed by atoms with Crippen molar-refractivity contribution < 1.29 is 19.1 Å². The highest BCUT2D eigenvalue weighted by atomic mass is 16.6. The number of hydrogen-bond donors (Lipinski definition) is 0. The summed E-state index contributed by atoms with van der Waals surface area (Å²) in [4.78, 5) is 22.2. The van der Waals surface area contributed by atoms with Crippen molar-refractivity contribution in [2.45, 2.75) is 26.1 Å². The van der Waals surface area contributed by atoms with E-state index in [-0.39, 0.29) is 0 Å². The van der Waals surface area contributed by atoms with Crippen molar-refractivity contribution in [1.82, 2.24) is 0 Å². The summed E-state index contributed by atoms with van der Waals surface area (Å²) in [6.45, 7) is 6.21. The topological polar surface area (TPSA) is 52.6 Å². The van der Waals surface area contributed by atoms with Gasteiger partial charge in [0.25, 0.3) is 0 Å². The molecule has 0 aliphatic carbocycles. The Morgan fingerprint density at radius 2 is 1.67 bits per heavy atom. The zero-order chi connectivity index (χ0) is 13.5. The molecule has 0 heterocycles. The fourth-order valence-corrected chi connectivity index (χ4v) is 1.57. The van der Waals surface area contributed by atoms with Gasteiger partial charge < -0.3 is 9.47 Å². The summed E-state index contributed by atoms with van der Waals surface area (Å²) in [5, 5.41) is 0. The largest absolute Gasteiger partial charge is 0.454 e. The number of ether oxygens (including phenoxy) is 2. The van der Waals surface area contributed by atoms with Gasteiger partial charge in [0, 0.05) is 13.8 Å². The maximum atomic E-state index is 11.1. The lowest BCUT2D eigenvalue weighted by Gasteiger charge is -2.24. The van der Waals surface area contributed by atoms with Gasteiger partial charge in [-0.2, -0.15) is 0 Å². The van der Waals surface area contributed by atoms with E-state index in [9.17, 15) is 9.59 Å². The summed E-state index contributed by atoms with van der Waals surface area (Å²) >= 11 is 0. The van der Waals surface area contributed by atoms with E-state index in [2.05, 4.69) is 6.58 Å². The second-order valence-corrected chi connectivity index (χ2v) is 3.75. The van der Waals surface area contributed by atoms with Crippen molar-refractivity contribution in [3.8, 4) is 0 Å². The minimum absolute atomic E-state index is 0.442. The Balaban J connectivity index is 2.99. The van der Waals surface area contributed by atoms with Crippen LogP contribution in [0.1, 0.15) is 25.5 Å². The van der Waals surface area contributed by atoms with Crippen molar-refractivity contribution in [3.05, 3.63) is 48.6 Å². The lowest BCUT2D eigenvalue weighted by Crippen LogP contribution is -2.26. The molecule has 0 spiro atoms. The van der Waals surface area contributed by atoms with Crippen LogP contribution in [0, 0.1) is 0 Å². The van der Waals surface area contributed by atoms with Crippen molar-refractivity contribution in [2.24, 2.45) is 0 Å². The van der Waals surface area contributed by atoms with E-state index in [1.54, 1.807) is 12.1 Å². The third-order valence-electron chi connectivity index (χ3n) is 2.25. The fourth-order valence-electron chi connectivity index (χ4n) is 1.57. The normalized spacial score (nSPS) is 13.2. The van der Waals surface area contributed by atoms with Gasteiger partial charge in [0.2, 0.25) is 0 Å². The maximum Gasteiger partial charge on any atom is 0.303 e. The van der Waals surface area contributed by atoms with E-state index >= 15 is 0 Å². The fraction of sp³-hybridized carbons (Fsp3) is 0.286. The Labute approximate surface area is 106 Å². The van der Waals surface area contributed by atoms with E-state index in [1.165, 1.54) is 19.9 Å². The van der Waals surface area contributed by atoms with Crippen molar-refractivity contribution in [2.75, 3.05) is 0 Å². The predicted molar refractivity (Wildman–Crippen MR) is 66.7 cm³/mol. The van der Waals surface area contributed by atoms with E-state index < -0.39 is 24.1 Å². The molecule has 0 saturated heterocycles. The third-order valence-corrected chi connectivity index (χ3v) is 2.25. The van der Waals surface area contributed by atoms with Gasteiger partial charge in [0.1, 0.15) is 0 Å². The van der Waals surface area contributed by atoms with E-state index in [0.717, 1.165) is 5.56 Å². The van der Waals surface area contributed by atoms with Crippen LogP contribution in [0.5, 0.6) is 0 Å². The Morgan fingerprint density at radius 1 is 1.11 bits per heavy atom. The molecule has 2 unspecified atom stereocenters. The molecular formula is C14H16O4. The summed E-state index contributed by atoms with van der Waals surface area (Å²) in [7, 11) is 0. The van der Waals surface area contributed by atoms with Gasteiger partial charge >= 0.3 is 11.9 Å². The highest BCUT2D eigenvalue weighted by Gasteiger charge is 2.26. The molecule has 96 valence electrons. The summed E-state index contributed by atoms with van der Waals surface area (Å²) in [5.41, 5.74) is 0.749. The molecular weight excluding hydrogens is 232 g/mol. The van der Waals surface area contributed by atoms with E-state index in [0.29, 0.717) is 0 Å². The zero-order valence-corrected chi connectivity index (χ0v) is 10.5. The molecule has 1 rings (SSSR count). The first-order valence-electron chi connectivity index (χ1n) is 5.56. The number of carbonyl (C=O) groups excluding carboxylic acids is 2. The predicted octanol–water partition coefficient (Wildman–Crippen LogP) is 2.41. The smallest absolute Gasteiger partial charge is 0.303 e. The van der Waals surface area contributed by atoms with Gasteiger partial charge in [-0.15, -0.1) is 0 Å². The second-order valence-electron chi connectivity index (χ2n) is 3.75. The van der Waals surface area contributed by atoms with Crippen LogP contribution in [0.4, 0.5) is 0 Å². The molecule has 1 aromatic rings. The molecule has 4 heteroatoms. The third kappa shape index (κ3) is 4.05. The van der Waals surface area contributed by atoms with Gasteiger partial charge in [0.05, 0.1) is 0 Å². The highest BCUT2D eigenvalue weighted by Crippen LogP contribution is 2.24. The molecule has 0 amide bonds. The molecule has 0 N–H and O–H groups in total. The molecule has 0 bridgehead atoms. The van der Waals surface area contributed by atoms with Gasteiger partial charge in [-0.05, 0) is 11.6 Å². The van der Waals surface area contributed by atoms with E-state index in [1.807, 2.05) is 18.2 Å². The SMILES string of the molecule is C=CC(OC(C)=O)C(OC(C)=O)c1ccccc1. The van der Waals surface area contributed by atoms with Crippen LogP contribution in [-0.4, -0.2) is 18.0 Å². The zero-order valence-electron chi connectivity index (χ0n) is 10.5. The quantitative estimate of drug-likeness (QED) is 0.593. The average Bonchev–Trinajstić information content (AvgIpc) is 2.34. The molecule has 18 heavy (non-hydrogen) atoms. The summed E-state index contributed by atoms with van der Waals surface area (Å²) in [5.74, 6) is -0.893. The van der Waals surface area contributed by atoms with Crippen LogP contribution in [-0.2, 0) is 19.1 Å². The van der Waals surface area contributed by atoms with Crippen LogP contribution in [0.25, 0.3) is 0 Å². The monoisotopic (exact) mass is 248 g/mol. The first-order valence-corrected chi connectivity index (χ1v) is 5.56. The molecule has 4 nitrogen and oxygen atoms in total. The van der Waals surface area contributed by atoms with Crippen LogP contribution in [0.2, 0.25) is 0 Å². The lowest BCUT2D eigenvalue weighted by molar-refractivity contribution is -0.162. The minimum Gasteiger partial charge on any atom is -0.454 e. The highest BCUT2D eigenvalue weighted by molar-refractivity contribution is 5.67. The molecule has 0 saturated carbocycles. The number of esters is 2. The standard InChI is InChI=1S/C14H16O4/c1-4-13(17-10(2)15)14(18-11(3)16)12-8-6-5-7-9-12/h4-9,13-14H,1H2,2-3H3. The van der Waals surface area contributed by atoms with Crippen LogP contribution >= 0.6 is 0 Å². The number of carbonyl (C=O) groups is 2. The number of rotatable bonds is 5. The Morgan fingerprint density at radius 3 is 2.11 bits per heavy atom. The Kier molecular flexibility index (Phi) is 5.11. The Bertz CT molecular complexity index is 425. The van der Waals surface area contributed by atoms with Gasteiger partial charge in [0.15, 0.2) is 12.2 Å². The Hall–Kier alpha value is -2.10. The second kappa shape index (κ2) is 6.59. The average molecular weight is 248 g/mol. The molecule has 0 aliphatic rings. The molecule has 0 radical (unpaired) electrons. The van der Waals surface area contributed by atoms with Crippen LogP contribution in [0.3, 0.4) is 0 Å². The molecule has 0 aromatic heterocycles. The summed E-state index contributed by atoms with van der Waals surface area (Å²) in [6, 6.07) is 9.09.